The van der Waals surface area contributed by atoms with Crippen LogP contribution in [0.2, 0.25) is 0 Å². The average Bonchev–Trinajstić information content (AvgIpc) is 3.10. The van der Waals surface area contributed by atoms with Crippen LogP contribution in [0.25, 0.3) is 0 Å². The van der Waals surface area contributed by atoms with Crippen molar-refractivity contribution in [2.45, 2.75) is 31.2 Å². The molecule has 2 atom stereocenters. The van der Waals surface area contributed by atoms with E-state index in [9.17, 15) is 30.0 Å². The molecule has 1 aromatic carbocycles. The number of sulfonamides is 2. The van der Waals surface area contributed by atoms with E-state index >= 15 is 0 Å². The van der Waals surface area contributed by atoms with E-state index in [-0.39, 0.29) is 46.6 Å². The fourth-order valence-corrected chi connectivity index (χ4v) is 9.31. The van der Waals surface area contributed by atoms with Crippen LogP contribution in [0.4, 0.5) is 5.69 Å². The number of benzene rings is 1. The molecule has 2 fully saturated rings. The molecule has 0 bridgehead atoms. The van der Waals surface area contributed by atoms with Gasteiger partial charge >= 0.3 is 0 Å². The molecule has 1 aromatic rings. The smallest absolute Gasteiger partial charge is 0.247 e. The molecule has 13 heteroatoms. The summed E-state index contributed by atoms with van der Waals surface area (Å²) < 4.78 is 82.2. The van der Waals surface area contributed by atoms with Crippen molar-refractivity contribution in [3.05, 3.63) is 18.2 Å². The van der Waals surface area contributed by atoms with E-state index in [4.69, 9.17) is 4.74 Å². The van der Waals surface area contributed by atoms with Gasteiger partial charge in [-0.15, -0.1) is 0 Å². The van der Waals surface area contributed by atoms with Crippen LogP contribution in [-0.2, 0) is 34.7 Å². The molecule has 0 unspecified atom stereocenters. The van der Waals surface area contributed by atoms with E-state index in [1.807, 2.05) is 0 Å². The number of methoxy groups -OCH3 is 1. The Balaban J connectivity index is 2.10. The maximum absolute atomic E-state index is 13.4. The largest absolute Gasteiger partial charge is 0.495 e. The van der Waals surface area contributed by atoms with Gasteiger partial charge in [0.05, 0.1) is 36.0 Å². The predicted molar refractivity (Wildman–Crippen MR) is 110 cm³/mol. The molecule has 2 heterocycles. The Morgan fingerprint density at radius 1 is 1.20 bits per heavy atom. The van der Waals surface area contributed by atoms with E-state index in [2.05, 4.69) is 0 Å². The van der Waals surface area contributed by atoms with Crippen molar-refractivity contribution in [2.24, 2.45) is 5.92 Å². The highest BCUT2D eigenvalue weighted by atomic mass is 32.2. The first-order valence-corrected chi connectivity index (χ1v) is 14.2. The first kappa shape index (κ1) is 23.0. The second-order valence-corrected chi connectivity index (χ2v) is 13.3. The highest BCUT2D eigenvalue weighted by molar-refractivity contribution is 7.94. The minimum Gasteiger partial charge on any atom is -0.495 e. The molecular weight excluding hydrogens is 456 g/mol. The normalized spacial score (nSPS) is 25.7. The molecule has 10 nitrogen and oxygen atoms in total. The van der Waals surface area contributed by atoms with Crippen LogP contribution in [0.1, 0.15) is 20.3 Å². The number of rotatable bonds is 6. The summed E-state index contributed by atoms with van der Waals surface area (Å²) in [5.74, 6) is -2.15. The minimum absolute atomic E-state index is 0.0217. The van der Waals surface area contributed by atoms with E-state index in [0.717, 1.165) is 10.4 Å². The maximum Gasteiger partial charge on any atom is 0.247 e. The van der Waals surface area contributed by atoms with Gasteiger partial charge in [-0.05, 0) is 24.6 Å². The molecule has 1 amide bonds. The first-order valence-electron chi connectivity index (χ1n) is 9.31. The fourth-order valence-electron chi connectivity index (χ4n) is 3.83. The third-order valence-electron chi connectivity index (χ3n) is 5.26. The number of carbonyl (C=O) groups excluding carboxylic acids is 1. The fraction of sp³-hybridized carbons (Fsp3) is 0.588. The topological polar surface area (TPSA) is 135 Å². The molecule has 168 valence electrons. The van der Waals surface area contributed by atoms with Crippen LogP contribution < -0.4 is 9.04 Å². The Morgan fingerprint density at radius 3 is 2.33 bits per heavy atom. The summed E-state index contributed by atoms with van der Waals surface area (Å²) in [6, 6.07) is 2.96. The molecule has 0 spiro atoms. The zero-order chi connectivity index (χ0) is 22.5. The summed E-state index contributed by atoms with van der Waals surface area (Å²) in [7, 11) is -10.2. The highest BCUT2D eigenvalue weighted by Gasteiger charge is 2.43. The summed E-state index contributed by atoms with van der Waals surface area (Å²) >= 11 is 0. The lowest BCUT2D eigenvalue weighted by molar-refractivity contribution is -0.119. The second-order valence-electron chi connectivity index (χ2n) is 7.38. The Hall–Kier alpha value is -1.70. The number of ether oxygens (including phenoxy) is 1. The number of hydrogen-bond donors (Lipinski definition) is 0. The Kier molecular flexibility index (Phi) is 5.95. The zero-order valence-corrected chi connectivity index (χ0v) is 19.3. The van der Waals surface area contributed by atoms with Crippen molar-refractivity contribution < 1.29 is 34.8 Å². The number of amides is 1. The van der Waals surface area contributed by atoms with Crippen molar-refractivity contribution >= 4 is 41.5 Å². The number of anilines is 1. The van der Waals surface area contributed by atoms with Crippen LogP contribution in [0.5, 0.6) is 5.75 Å². The minimum atomic E-state index is -4.24. The van der Waals surface area contributed by atoms with Gasteiger partial charge in [-0.25, -0.2) is 29.6 Å². The van der Waals surface area contributed by atoms with E-state index in [0.29, 0.717) is 4.31 Å². The summed E-state index contributed by atoms with van der Waals surface area (Å²) in [5.41, 5.74) is -0.0983. The van der Waals surface area contributed by atoms with Gasteiger partial charge in [0.2, 0.25) is 26.0 Å². The molecule has 2 aliphatic heterocycles. The molecule has 0 aromatic heterocycles. The molecule has 0 aliphatic carbocycles. The van der Waals surface area contributed by atoms with E-state index < -0.39 is 47.8 Å². The van der Waals surface area contributed by atoms with Gasteiger partial charge in [-0.2, -0.15) is 4.31 Å². The van der Waals surface area contributed by atoms with Crippen molar-refractivity contribution in [1.29, 1.82) is 0 Å². The third-order valence-corrected chi connectivity index (χ3v) is 10.9. The van der Waals surface area contributed by atoms with Gasteiger partial charge < -0.3 is 4.74 Å². The summed E-state index contributed by atoms with van der Waals surface area (Å²) in [5, 5.41) is 0. The van der Waals surface area contributed by atoms with Gasteiger partial charge in [0.15, 0.2) is 9.84 Å². The Morgan fingerprint density at radius 2 is 1.87 bits per heavy atom. The zero-order valence-electron chi connectivity index (χ0n) is 16.8. The summed E-state index contributed by atoms with van der Waals surface area (Å²) in [6.45, 7) is 3.10. The van der Waals surface area contributed by atoms with Gasteiger partial charge in [-0.1, -0.05) is 13.8 Å². The SMILES string of the molecule is CCN([C@@H]1CCS(=O)(=O)C1)S(=O)(=O)c1cc(N2C(=O)[C@@H](C)CS2(=O)=O)ccc1OC. The van der Waals surface area contributed by atoms with Crippen LogP contribution in [0.3, 0.4) is 0 Å². The van der Waals surface area contributed by atoms with Crippen molar-refractivity contribution in [3.8, 4) is 5.75 Å². The first-order chi connectivity index (χ1) is 13.8. The highest BCUT2D eigenvalue weighted by Crippen LogP contribution is 2.36. The van der Waals surface area contributed by atoms with E-state index in [1.54, 1.807) is 6.92 Å². The van der Waals surface area contributed by atoms with E-state index in [1.165, 1.54) is 26.2 Å². The van der Waals surface area contributed by atoms with Crippen molar-refractivity contribution in [1.82, 2.24) is 4.31 Å². The van der Waals surface area contributed by atoms with Crippen LogP contribution >= 0.6 is 0 Å². The standard InChI is InChI=1S/C17H24N2O8S3/c1-4-18(14-7-8-28(21,22)11-14)30(25,26)16-9-13(5-6-15(16)27-3)19-17(20)12(2)10-29(19,23)24/h5-6,9,12,14H,4,7-8,10-11H2,1-3H3/t12-,14+/m0/s1. The molecule has 3 rings (SSSR count). The number of hydrogen-bond acceptors (Lipinski definition) is 8. The van der Waals surface area contributed by atoms with Gasteiger partial charge in [-0.3, -0.25) is 4.79 Å². The number of sulfone groups is 1. The molecule has 30 heavy (non-hydrogen) atoms. The molecular formula is C17H24N2O8S3. The Labute approximate surface area is 176 Å². The van der Waals surface area contributed by atoms with Crippen LogP contribution in [0, 0.1) is 5.92 Å². The Bertz CT molecular complexity index is 1180. The lowest BCUT2D eigenvalue weighted by atomic mass is 10.2. The van der Waals surface area contributed by atoms with Crippen molar-refractivity contribution in [3.63, 3.8) is 0 Å². The summed E-state index contributed by atoms with van der Waals surface area (Å²) in [6.07, 6.45) is 0.175. The molecule has 0 radical (unpaired) electrons. The second kappa shape index (κ2) is 7.77. The summed E-state index contributed by atoms with van der Waals surface area (Å²) in [4.78, 5) is 12.1. The molecule has 2 saturated heterocycles. The lowest BCUT2D eigenvalue weighted by Crippen LogP contribution is -2.41. The molecule has 0 N–H and O–H groups in total. The number of nitrogens with zero attached hydrogens (tertiary/aromatic N) is 2. The van der Waals surface area contributed by atoms with Gasteiger partial charge in [0.25, 0.3) is 0 Å². The van der Waals surface area contributed by atoms with Crippen LogP contribution in [-0.4, -0.2) is 72.4 Å². The van der Waals surface area contributed by atoms with Crippen molar-refractivity contribution in [2.75, 3.05) is 35.2 Å². The maximum atomic E-state index is 13.4. The molecule has 0 saturated carbocycles. The third kappa shape index (κ3) is 3.95. The predicted octanol–water partition coefficient (Wildman–Crippen LogP) is 0.205. The van der Waals surface area contributed by atoms with Gasteiger partial charge in [0, 0.05) is 12.6 Å². The number of carbonyl (C=O) groups is 1. The molecule has 2 aliphatic rings. The average molecular weight is 481 g/mol. The quantitative estimate of drug-likeness (QED) is 0.564. The lowest BCUT2D eigenvalue weighted by Gasteiger charge is -2.27. The van der Waals surface area contributed by atoms with Gasteiger partial charge in [0.1, 0.15) is 10.6 Å². The van der Waals surface area contributed by atoms with Crippen LogP contribution in [0.15, 0.2) is 23.1 Å². The monoisotopic (exact) mass is 480 g/mol.